The molecule has 46 heavy (non-hydrogen) atoms. The number of urea groups is 1. The molecule has 2 aliphatic heterocycles. The molecule has 9 nitrogen and oxygen atoms in total. The summed E-state index contributed by atoms with van der Waals surface area (Å²) in [6.07, 6.45) is 5.97. The third kappa shape index (κ3) is 4.30. The Morgan fingerprint density at radius 2 is 1.72 bits per heavy atom. The summed E-state index contributed by atoms with van der Waals surface area (Å²) in [7, 11) is 3.58. The van der Waals surface area contributed by atoms with Crippen molar-refractivity contribution in [3.63, 3.8) is 0 Å². The fraction of sp³-hybridized carbons (Fsp3) is 0.973. The van der Waals surface area contributed by atoms with Gasteiger partial charge < -0.3 is 39.3 Å². The summed E-state index contributed by atoms with van der Waals surface area (Å²) in [6.45, 7) is 16.8. The van der Waals surface area contributed by atoms with E-state index in [0.717, 1.165) is 32.1 Å². The Morgan fingerprint density at radius 3 is 2.39 bits per heavy atom. The van der Waals surface area contributed by atoms with Crippen molar-refractivity contribution in [1.29, 1.82) is 0 Å². The first-order valence-corrected chi connectivity index (χ1v) is 18.3. The predicted molar refractivity (Wildman–Crippen MR) is 174 cm³/mol. The summed E-state index contributed by atoms with van der Waals surface area (Å²) in [4.78, 5) is 16.1. The lowest BCUT2D eigenvalue weighted by atomic mass is 9.41. The van der Waals surface area contributed by atoms with Gasteiger partial charge in [0, 0.05) is 26.1 Å². The molecule has 0 aromatic heterocycles. The molecular weight excluding hydrogens is 584 g/mol. The third-order valence-electron chi connectivity index (χ3n) is 15.8. The van der Waals surface area contributed by atoms with Crippen LogP contribution in [0.15, 0.2) is 0 Å². The van der Waals surface area contributed by atoms with Crippen molar-refractivity contribution in [2.75, 3.05) is 33.8 Å². The Hall–Kier alpha value is -0.970. The Morgan fingerprint density at radius 1 is 1.04 bits per heavy atom. The van der Waals surface area contributed by atoms with Gasteiger partial charge in [0.2, 0.25) is 0 Å². The third-order valence-corrected chi connectivity index (χ3v) is 15.8. The maximum Gasteiger partial charge on any atom is 0.319 e. The van der Waals surface area contributed by atoms with Crippen molar-refractivity contribution >= 4 is 6.03 Å². The lowest BCUT2D eigenvalue weighted by Crippen LogP contribution is -2.60. The zero-order valence-electron chi connectivity index (χ0n) is 29.9. The molecule has 262 valence electrons. The van der Waals surface area contributed by atoms with Gasteiger partial charge in [0.05, 0.1) is 43.2 Å². The number of hydrogen-bond donors (Lipinski definition) is 3. The molecule has 5 saturated carbocycles. The second-order valence-corrected chi connectivity index (χ2v) is 18.7. The Balaban J connectivity index is 1.11. The van der Waals surface area contributed by atoms with Gasteiger partial charge in [-0.05, 0) is 111 Å². The normalized spacial score (nSPS) is 51.6. The molecule has 2 saturated heterocycles. The number of aliphatic hydroxyl groups excluding tert-OH is 2. The van der Waals surface area contributed by atoms with Gasteiger partial charge in [-0.2, -0.15) is 0 Å². The molecule has 5 aliphatic carbocycles. The summed E-state index contributed by atoms with van der Waals surface area (Å²) in [5.41, 5.74) is -1.07. The second-order valence-electron chi connectivity index (χ2n) is 18.7. The van der Waals surface area contributed by atoms with Crippen LogP contribution >= 0.6 is 0 Å². The molecule has 7 aliphatic rings. The molecule has 9 heteroatoms. The molecule has 7 rings (SSSR count). The van der Waals surface area contributed by atoms with Crippen LogP contribution < -0.4 is 0 Å². The molecule has 14 atom stereocenters. The van der Waals surface area contributed by atoms with Crippen LogP contribution in [-0.4, -0.2) is 107 Å². The van der Waals surface area contributed by atoms with Crippen LogP contribution in [0.5, 0.6) is 0 Å². The van der Waals surface area contributed by atoms with Crippen LogP contribution in [0, 0.1) is 50.7 Å². The largest absolute Gasteiger partial charge is 0.390 e. The number of carbonyl (C=O) groups excluding carboxylic acids is 1. The van der Waals surface area contributed by atoms with E-state index in [1.165, 1.54) is 12.8 Å². The average molecular weight is 647 g/mol. The van der Waals surface area contributed by atoms with Crippen molar-refractivity contribution in [1.82, 2.24) is 9.80 Å². The first-order chi connectivity index (χ1) is 21.3. The minimum atomic E-state index is -1.26. The van der Waals surface area contributed by atoms with Gasteiger partial charge in [0.1, 0.15) is 6.10 Å². The zero-order valence-corrected chi connectivity index (χ0v) is 29.9. The molecule has 0 bridgehead atoms. The van der Waals surface area contributed by atoms with Crippen LogP contribution in [0.3, 0.4) is 0 Å². The van der Waals surface area contributed by atoms with Crippen molar-refractivity contribution in [3.05, 3.63) is 0 Å². The van der Waals surface area contributed by atoms with Crippen molar-refractivity contribution in [2.45, 2.75) is 142 Å². The molecule has 0 radical (unpaired) electrons. The summed E-state index contributed by atoms with van der Waals surface area (Å²) < 4.78 is 19.5. The van der Waals surface area contributed by atoms with Crippen molar-refractivity contribution in [3.8, 4) is 0 Å². The summed E-state index contributed by atoms with van der Waals surface area (Å²) in [6, 6.07) is 0.00691. The number of rotatable bonds is 4. The van der Waals surface area contributed by atoms with Gasteiger partial charge in [-0.3, -0.25) is 0 Å². The van der Waals surface area contributed by atoms with Crippen LogP contribution in [0.1, 0.15) is 99.8 Å². The fourth-order valence-electron chi connectivity index (χ4n) is 13.6. The highest BCUT2D eigenvalue weighted by molar-refractivity contribution is 5.73. The zero-order chi connectivity index (χ0) is 33.4. The van der Waals surface area contributed by atoms with E-state index >= 15 is 0 Å². The maximum absolute atomic E-state index is 12.7. The highest BCUT2D eigenvalue weighted by atomic mass is 16.7. The van der Waals surface area contributed by atoms with E-state index in [1.807, 2.05) is 4.90 Å². The number of carbonyl (C=O) groups is 1. The number of nitrogens with zero attached hydrogens (tertiary/aromatic N) is 2. The molecule has 8 unspecified atom stereocenters. The van der Waals surface area contributed by atoms with Crippen LogP contribution in [0.25, 0.3) is 0 Å². The molecule has 0 aromatic rings. The van der Waals surface area contributed by atoms with E-state index in [-0.39, 0.29) is 51.2 Å². The van der Waals surface area contributed by atoms with E-state index < -0.39 is 30.2 Å². The molecule has 7 fully saturated rings. The first-order valence-electron chi connectivity index (χ1n) is 18.3. The predicted octanol–water partition coefficient (Wildman–Crippen LogP) is 4.66. The topological polar surface area (TPSA) is 112 Å². The van der Waals surface area contributed by atoms with Crippen molar-refractivity contribution in [2.24, 2.45) is 50.7 Å². The van der Waals surface area contributed by atoms with E-state index in [1.54, 1.807) is 32.8 Å². The maximum atomic E-state index is 12.7. The molecule has 2 heterocycles. The Labute approximate surface area is 276 Å². The van der Waals surface area contributed by atoms with Gasteiger partial charge in [0.25, 0.3) is 0 Å². The molecular formula is C37H62N2O7. The lowest BCUT2D eigenvalue weighted by molar-refractivity contribution is -0.245. The van der Waals surface area contributed by atoms with E-state index in [9.17, 15) is 20.1 Å². The SMILES string of the molecule is C[C@@H]1CC(C(O)C(C)(C)O)OC2[C@H]1C1(C)CCC34CC35CCC(O[C@H]3CN(C(=O)N(C)C)CCO3)C(C)(C)[C@@H]5CCC4[C@]1(C)[C@H]2O. The van der Waals surface area contributed by atoms with Crippen molar-refractivity contribution < 1.29 is 34.3 Å². The number of amides is 2. The van der Waals surface area contributed by atoms with E-state index in [2.05, 4.69) is 34.6 Å². The quantitative estimate of drug-likeness (QED) is 0.408. The fourth-order valence-corrected chi connectivity index (χ4v) is 13.6. The second kappa shape index (κ2) is 10.5. The monoisotopic (exact) mass is 646 g/mol. The first kappa shape index (κ1) is 33.5. The van der Waals surface area contributed by atoms with Crippen LogP contribution in [0.4, 0.5) is 4.79 Å². The summed E-state index contributed by atoms with van der Waals surface area (Å²) in [5.74, 6) is 1.51. The minimum absolute atomic E-state index is 0.00691. The van der Waals surface area contributed by atoms with Crippen LogP contribution in [-0.2, 0) is 14.2 Å². The van der Waals surface area contributed by atoms with Gasteiger partial charge in [0.15, 0.2) is 6.29 Å². The molecule has 0 aromatic carbocycles. The molecule has 2 spiro atoms. The van der Waals surface area contributed by atoms with Gasteiger partial charge >= 0.3 is 6.03 Å². The molecule has 3 N–H and O–H groups in total. The smallest absolute Gasteiger partial charge is 0.319 e. The minimum Gasteiger partial charge on any atom is -0.390 e. The number of hydrogen-bond acceptors (Lipinski definition) is 7. The number of morpholine rings is 1. The number of fused-ring (bicyclic) bond motifs is 4. The summed E-state index contributed by atoms with van der Waals surface area (Å²) >= 11 is 0. The molecule has 2 amide bonds. The Kier molecular flexibility index (Phi) is 7.67. The van der Waals surface area contributed by atoms with Gasteiger partial charge in [-0.15, -0.1) is 0 Å². The highest BCUT2D eigenvalue weighted by Gasteiger charge is 2.84. The lowest BCUT2D eigenvalue weighted by Gasteiger charge is -2.64. The van der Waals surface area contributed by atoms with Gasteiger partial charge in [-0.1, -0.05) is 34.6 Å². The Bertz CT molecular complexity index is 1220. The highest BCUT2D eigenvalue weighted by Crippen LogP contribution is 2.89. The van der Waals surface area contributed by atoms with E-state index in [4.69, 9.17) is 14.2 Å². The standard InChI is InChI=1S/C37H62N2O7/c1-21-18-22(29(40)33(4,5)43)45-28-27(21)34(6)14-15-37-20-36(37)13-12-25(46-26-19-39(16-17-44-26)31(42)38(8)9)32(2,3)23(36)10-11-24(37)35(34,7)30(28)41/h21-30,40-41,43H,10-20H2,1-9H3/t21-,22?,23+,24?,25?,26+,27+,28?,29?,30+,34?,35-,36?,37?/m1/s1. The van der Waals surface area contributed by atoms with E-state index in [0.29, 0.717) is 43.9 Å². The van der Waals surface area contributed by atoms with Gasteiger partial charge in [-0.25, -0.2) is 4.79 Å². The average Bonchev–Trinajstić information content (AvgIpc) is 3.62. The van der Waals surface area contributed by atoms with Crippen LogP contribution in [0.2, 0.25) is 0 Å². The number of aliphatic hydroxyl groups is 3. The summed E-state index contributed by atoms with van der Waals surface area (Å²) in [5, 5.41) is 34.1. The number of ether oxygens (including phenoxy) is 3.